The minimum Gasteiger partial charge on any atom is -0.398 e. The zero-order valence-electron chi connectivity index (χ0n) is 11.3. The van der Waals surface area contributed by atoms with Crippen LogP contribution in [0.25, 0.3) is 0 Å². The summed E-state index contributed by atoms with van der Waals surface area (Å²) >= 11 is 0. The molecule has 1 rings (SSSR count). The topological polar surface area (TPSA) is 115 Å². The van der Waals surface area contributed by atoms with Crippen molar-refractivity contribution in [2.24, 2.45) is 0 Å². The highest BCUT2D eigenvalue weighted by Crippen LogP contribution is 2.19. The van der Waals surface area contributed by atoms with E-state index in [9.17, 15) is 19.1 Å². The molecule has 0 aliphatic rings. The van der Waals surface area contributed by atoms with Crippen molar-refractivity contribution in [1.29, 1.82) is 0 Å². The van der Waals surface area contributed by atoms with Gasteiger partial charge in [0.1, 0.15) is 0 Å². The van der Waals surface area contributed by atoms with Crippen LogP contribution in [-0.2, 0) is 10.8 Å². The first kappa shape index (κ1) is 16.1. The van der Waals surface area contributed by atoms with Gasteiger partial charge in [0.2, 0.25) is 0 Å². The first-order valence-corrected chi connectivity index (χ1v) is 7.68. The second kappa shape index (κ2) is 6.99. The summed E-state index contributed by atoms with van der Waals surface area (Å²) in [5, 5.41) is 13.4. The van der Waals surface area contributed by atoms with E-state index in [4.69, 9.17) is 5.73 Å². The number of nitrogens with two attached hydrogens (primary N) is 1. The van der Waals surface area contributed by atoms with Crippen molar-refractivity contribution in [2.75, 3.05) is 17.7 Å². The lowest BCUT2D eigenvalue weighted by atomic mass is 10.1. The summed E-state index contributed by atoms with van der Waals surface area (Å²) in [6, 6.07) is 3.54. The number of non-ortho nitro benzene ring substituents is 1. The Balaban J connectivity index is 2.79. The number of nitro groups is 1. The van der Waals surface area contributed by atoms with Crippen LogP contribution in [0.1, 0.15) is 23.7 Å². The number of hydrogen-bond donors (Lipinski definition) is 2. The molecule has 0 aliphatic heterocycles. The quantitative estimate of drug-likeness (QED) is 0.463. The van der Waals surface area contributed by atoms with E-state index in [0.29, 0.717) is 12.2 Å². The minimum atomic E-state index is -0.925. The Kier molecular flexibility index (Phi) is 5.63. The summed E-state index contributed by atoms with van der Waals surface area (Å²) in [6.07, 6.45) is 2.15. The first-order valence-electron chi connectivity index (χ1n) is 5.96. The molecule has 1 aromatic carbocycles. The molecule has 0 fully saturated rings. The van der Waals surface area contributed by atoms with Gasteiger partial charge in [-0.05, 0) is 19.4 Å². The average molecular weight is 299 g/mol. The number of benzene rings is 1. The average Bonchev–Trinajstić information content (AvgIpc) is 2.36. The fourth-order valence-electron chi connectivity index (χ4n) is 1.57. The third-order valence-corrected chi connectivity index (χ3v) is 3.52. The summed E-state index contributed by atoms with van der Waals surface area (Å²) in [6.45, 7) is 1.78. The zero-order valence-corrected chi connectivity index (χ0v) is 12.1. The van der Waals surface area contributed by atoms with E-state index >= 15 is 0 Å². The highest BCUT2D eigenvalue weighted by atomic mass is 32.2. The molecule has 0 heterocycles. The molecule has 1 aromatic rings. The summed E-state index contributed by atoms with van der Waals surface area (Å²) < 4.78 is 11.0. The van der Waals surface area contributed by atoms with Crippen molar-refractivity contribution in [3.63, 3.8) is 0 Å². The lowest BCUT2D eigenvalue weighted by Crippen LogP contribution is -2.34. The lowest BCUT2D eigenvalue weighted by molar-refractivity contribution is -0.384. The Hall–Kier alpha value is -1.96. The minimum absolute atomic E-state index is 0.0728. The molecule has 0 saturated carbocycles. The summed E-state index contributed by atoms with van der Waals surface area (Å²) in [7, 11) is -0.925. The molecule has 0 aromatic heterocycles. The Bertz CT molecular complexity index is 548. The zero-order chi connectivity index (χ0) is 15.3. The van der Waals surface area contributed by atoms with Crippen molar-refractivity contribution in [2.45, 2.75) is 19.4 Å². The maximum atomic E-state index is 12.0. The largest absolute Gasteiger partial charge is 0.398 e. The maximum absolute atomic E-state index is 12.0. The van der Waals surface area contributed by atoms with Gasteiger partial charge in [-0.25, -0.2) is 0 Å². The predicted octanol–water partition coefficient (Wildman–Crippen LogP) is 1.06. The van der Waals surface area contributed by atoms with Crippen molar-refractivity contribution in [1.82, 2.24) is 5.32 Å². The molecular formula is C12H17N3O4S. The van der Waals surface area contributed by atoms with Crippen LogP contribution >= 0.6 is 0 Å². The highest BCUT2D eigenvalue weighted by Gasteiger charge is 2.17. The van der Waals surface area contributed by atoms with Gasteiger partial charge in [-0.3, -0.25) is 19.1 Å². The number of carbonyl (C=O) groups excluding carboxylic acids is 1. The number of hydrogen-bond acceptors (Lipinski definition) is 5. The normalized spacial score (nSPS) is 13.5. The van der Waals surface area contributed by atoms with Gasteiger partial charge in [0, 0.05) is 46.7 Å². The number of rotatable bonds is 6. The molecule has 7 nitrogen and oxygen atoms in total. The molecule has 0 spiro atoms. The SMILES string of the molecule is CC(CCS(C)=O)NC(=O)c1cc([N+](=O)[O-])ccc1N. The van der Waals surface area contributed by atoms with E-state index < -0.39 is 21.6 Å². The van der Waals surface area contributed by atoms with E-state index in [1.165, 1.54) is 12.1 Å². The van der Waals surface area contributed by atoms with E-state index in [0.717, 1.165) is 6.07 Å². The highest BCUT2D eigenvalue weighted by molar-refractivity contribution is 7.84. The number of nitrogens with zero attached hydrogens (tertiary/aromatic N) is 1. The monoisotopic (exact) mass is 299 g/mol. The Morgan fingerprint density at radius 3 is 2.75 bits per heavy atom. The van der Waals surface area contributed by atoms with Crippen molar-refractivity contribution >= 4 is 28.1 Å². The Morgan fingerprint density at radius 1 is 1.55 bits per heavy atom. The molecule has 1 amide bonds. The maximum Gasteiger partial charge on any atom is 0.270 e. The van der Waals surface area contributed by atoms with Gasteiger partial charge in [-0.15, -0.1) is 0 Å². The molecule has 2 atom stereocenters. The third-order valence-electron chi connectivity index (χ3n) is 2.71. The first-order chi connectivity index (χ1) is 9.31. The van der Waals surface area contributed by atoms with Gasteiger partial charge in [-0.1, -0.05) is 0 Å². The fourth-order valence-corrected chi connectivity index (χ4v) is 2.26. The smallest absolute Gasteiger partial charge is 0.270 e. The van der Waals surface area contributed by atoms with Crippen LogP contribution in [0.4, 0.5) is 11.4 Å². The predicted molar refractivity (Wildman–Crippen MR) is 78.0 cm³/mol. The molecule has 20 heavy (non-hydrogen) atoms. The summed E-state index contributed by atoms with van der Waals surface area (Å²) in [5.74, 6) is 0.00636. The molecule has 0 aliphatic carbocycles. The molecule has 3 N–H and O–H groups in total. The van der Waals surface area contributed by atoms with Crippen molar-refractivity contribution < 1.29 is 13.9 Å². The van der Waals surface area contributed by atoms with Gasteiger partial charge in [-0.2, -0.15) is 0 Å². The number of nitro benzene ring substituents is 1. The third kappa shape index (κ3) is 4.61. The molecule has 8 heteroatoms. The lowest BCUT2D eigenvalue weighted by Gasteiger charge is -2.14. The summed E-state index contributed by atoms with van der Waals surface area (Å²) in [4.78, 5) is 22.1. The standard InChI is InChI=1S/C12H17N3O4S/c1-8(5-6-20(2)19)14-12(16)10-7-9(15(17)18)3-4-11(10)13/h3-4,7-8H,5-6,13H2,1-2H3,(H,14,16). The van der Waals surface area contributed by atoms with E-state index in [2.05, 4.69) is 5.32 Å². The van der Waals surface area contributed by atoms with Crippen LogP contribution in [-0.4, -0.2) is 33.1 Å². The summed E-state index contributed by atoms with van der Waals surface area (Å²) in [5.41, 5.74) is 5.72. The number of anilines is 1. The van der Waals surface area contributed by atoms with Crippen LogP contribution in [0.2, 0.25) is 0 Å². The molecule has 0 saturated heterocycles. The van der Waals surface area contributed by atoms with Crippen LogP contribution in [0.3, 0.4) is 0 Å². The molecular weight excluding hydrogens is 282 g/mol. The van der Waals surface area contributed by atoms with E-state index in [1.54, 1.807) is 13.2 Å². The van der Waals surface area contributed by atoms with Crippen LogP contribution in [0, 0.1) is 10.1 Å². The second-order valence-corrected chi connectivity index (χ2v) is 6.02. The van der Waals surface area contributed by atoms with Gasteiger partial charge < -0.3 is 11.1 Å². The van der Waals surface area contributed by atoms with Gasteiger partial charge in [0.25, 0.3) is 11.6 Å². The van der Waals surface area contributed by atoms with Gasteiger partial charge in [0.05, 0.1) is 10.5 Å². The van der Waals surface area contributed by atoms with Crippen LogP contribution in [0.5, 0.6) is 0 Å². The number of nitrogen functional groups attached to an aromatic ring is 1. The van der Waals surface area contributed by atoms with E-state index in [1.807, 2.05) is 0 Å². The fraction of sp³-hybridized carbons (Fsp3) is 0.417. The molecule has 0 bridgehead atoms. The van der Waals surface area contributed by atoms with Crippen molar-refractivity contribution in [3.8, 4) is 0 Å². The molecule has 110 valence electrons. The van der Waals surface area contributed by atoms with Gasteiger partial charge >= 0.3 is 0 Å². The second-order valence-electron chi connectivity index (χ2n) is 4.47. The molecule has 2 unspecified atom stereocenters. The number of carbonyl (C=O) groups is 1. The van der Waals surface area contributed by atoms with E-state index in [-0.39, 0.29) is 23.0 Å². The van der Waals surface area contributed by atoms with Gasteiger partial charge in [0.15, 0.2) is 0 Å². The Morgan fingerprint density at radius 2 is 2.20 bits per heavy atom. The number of nitrogens with one attached hydrogen (secondary N) is 1. The number of amides is 1. The van der Waals surface area contributed by atoms with Crippen LogP contribution in [0.15, 0.2) is 18.2 Å². The van der Waals surface area contributed by atoms with Crippen molar-refractivity contribution in [3.05, 3.63) is 33.9 Å². The van der Waals surface area contributed by atoms with Crippen LogP contribution < -0.4 is 11.1 Å². The molecule has 0 radical (unpaired) electrons. The Labute approximate surface area is 119 Å².